The Labute approximate surface area is 101 Å². The summed E-state index contributed by atoms with van der Waals surface area (Å²) >= 11 is 0. The molecule has 2 N–H and O–H groups in total. The third-order valence-electron chi connectivity index (χ3n) is 6.75. The molecule has 1 atom stereocenters. The van der Waals surface area contributed by atoms with Crippen molar-refractivity contribution in [2.24, 2.45) is 52.6 Å². The van der Waals surface area contributed by atoms with Crippen LogP contribution < -0.4 is 5.73 Å². The van der Waals surface area contributed by atoms with E-state index in [1.54, 1.807) is 0 Å². The van der Waals surface area contributed by atoms with Crippen LogP contribution in [0.5, 0.6) is 0 Å². The molecule has 0 bridgehead atoms. The van der Waals surface area contributed by atoms with Gasteiger partial charge in [-0.05, 0) is 62.2 Å². The van der Waals surface area contributed by atoms with Crippen molar-refractivity contribution in [2.45, 2.75) is 32.4 Å². The second kappa shape index (κ2) is 2.07. The maximum Gasteiger partial charge on any atom is 0.324 e. The van der Waals surface area contributed by atoms with Crippen LogP contribution in [0.2, 0.25) is 0 Å². The van der Waals surface area contributed by atoms with E-state index in [9.17, 15) is 4.79 Å². The van der Waals surface area contributed by atoms with Crippen LogP contribution in [-0.2, 0) is 9.53 Å². The van der Waals surface area contributed by atoms with Crippen LogP contribution in [-0.4, -0.2) is 17.6 Å². The highest BCUT2D eigenvalue weighted by Gasteiger charge is 3.05. The molecule has 0 unspecified atom stereocenters. The summed E-state index contributed by atoms with van der Waals surface area (Å²) in [4.78, 5) is 12.1. The number of ether oxygens (including phenoxy) is 1. The first kappa shape index (κ1) is 9.37. The van der Waals surface area contributed by atoms with Crippen LogP contribution in [0.15, 0.2) is 0 Å². The van der Waals surface area contributed by atoms with E-state index >= 15 is 0 Å². The first-order chi connectivity index (χ1) is 7.90. The van der Waals surface area contributed by atoms with Crippen LogP contribution in [0.1, 0.15) is 20.8 Å². The normalized spacial score (nSPS) is 64.1. The standard InChI is InChI=1S/C14H19NO2/c1-13(2,3)17-12(16)11(15)14-8-5-4-6(8)10(14)7(4)9(5)14/h4-11H,15H2,1-3H3/t4?,5?,6?,7?,8?,9?,10?,11-,14?/m0/s1. The van der Waals surface area contributed by atoms with Gasteiger partial charge in [0.05, 0.1) is 0 Å². The molecule has 0 aromatic heterocycles. The Hall–Kier alpha value is -0.570. The maximum absolute atomic E-state index is 12.1. The Morgan fingerprint density at radius 3 is 2.00 bits per heavy atom. The summed E-state index contributed by atoms with van der Waals surface area (Å²) in [5.41, 5.74) is 6.06. The van der Waals surface area contributed by atoms with Crippen molar-refractivity contribution >= 4 is 5.97 Å². The number of carbonyl (C=O) groups excluding carboxylic acids is 1. The molecular formula is C14H19NO2. The van der Waals surface area contributed by atoms with Gasteiger partial charge >= 0.3 is 5.97 Å². The lowest BCUT2D eigenvalue weighted by Crippen LogP contribution is -3.07. The molecule has 3 heteroatoms. The number of esters is 1. The van der Waals surface area contributed by atoms with Crippen LogP contribution in [0.25, 0.3) is 0 Å². The van der Waals surface area contributed by atoms with Crippen LogP contribution in [0, 0.1) is 46.8 Å². The lowest BCUT2D eigenvalue weighted by molar-refractivity contribution is -0.616. The first-order valence-corrected chi connectivity index (χ1v) is 6.89. The molecule has 0 aromatic carbocycles. The Morgan fingerprint density at radius 1 is 1.12 bits per heavy atom. The predicted molar refractivity (Wildman–Crippen MR) is 60.7 cm³/mol. The van der Waals surface area contributed by atoms with Gasteiger partial charge in [0.15, 0.2) is 0 Å². The number of rotatable bonds is 2. The molecule has 0 amide bonds. The van der Waals surface area contributed by atoms with Gasteiger partial charge in [0.25, 0.3) is 0 Å². The van der Waals surface area contributed by atoms with Crippen molar-refractivity contribution in [2.75, 3.05) is 0 Å². The molecule has 92 valence electrons. The SMILES string of the molecule is CC(C)(C)OC(=O)[C@H](N)C12C3C4C5C3C1C5C42. The Bertz CT molecular complexity index is 413. The van der Waals surface area contributed by atoms with Crippen molar-refractivity contribution in [3.63, 3.8) is 0 Å². The van der Waals surface area contributed by atoms with Crippen molar-refractivity contribution in [1.29, 1.82) is 0 Å². The van der Waals surface area contributed by atoms with Gasteiger partial charge in [-0.1, -0.05) is 0 Å². The lowest BCUT2D eigenvalue weighted by Gasteiger charge is -3.08. The van der Waals surface area contributed by atoms with E-state index in [0.717, 1.165) is 41.4 Å². The van der Waals surface area contributed by atoms with E-state index in [-0.39, 0.29) is 17.4 Å². The number of hydrogen-bond acceptors (Lipinski definition) is 3. The summed E-state index contributed by atoms with van der Waals surface area (Å²) in [7, 11) is 0. The smallest absolute Gasteiger partial charge is 0.324 e. The van der Waals surface area contributed by atoms with Gasteiger partial charge in [-0.15, -0.1) is 0 Å². The minimum Gasteiger partial charge on any atom is -0.459 e. The van der Waals surface area contributed by atoms with E-state index in [1.165, 1.54) is 0 Å². The van der Waals surface area contributed by atoms with Gasteiger partial charge in [-0.2, -0.15) is 0 Å². The summed E-state index contributed by atoms with van der Waals surface area (Å²) in [6.07, 6.45) is 0. The van der Waals surface area contributed by atoms with Crippen molar-refractivity contribution in [3.8, 4) is 0 Å². The molecule has 0 saturated heterocycles. The second-order valence-electron chi connectivity index (χ2n) is 7.90. The maximum atomic E-state index is 12.1. The zero-order valence-electron chi connectivity index (χ0n) is 10.5. The molecule has 0 aliphatic heterocycles. The van der Waals surface area contributed by atoms with Crippen LogP contribution in [0.3, 0.4) is 0 Å². The van der Waals surface area contributed by atoms with E-state index in [1.807, 2.05) is 20.8 Å². The van der Waals surface area contributed by atoms with E-state index in [4.69, 9.17) is 10.5 Å². The predicted octanol–water partition coefficient (Wildman–Crippen LogP) is 1.02. The molecule has 0 spiro atoms. The average Bonchev–Trinajstić information content (AvgIpc) is 2.26. The summed E-state index contributed by atoms with van der Waals surface area (Å²) in [6, 6.07) is -0.341. The fourth-order valence-electron chi connectivity index (χ4n) is 6.71. The largest absolute Gasteiger partial charge is 0.459 e. The van der Waals surface area contributed by atoms with Crippen molar-refractivity contribution in [3.05, 3.63) is 0 Å². The summed E-state index contributed by atoms with van der Waals surface area (Å²) in [6.45, 7) is 5.74. The third kappa shape index (κ3) is 0.594. The van der Waals surface area contributed by atoms with Gasteiger partial charge < -0.3 is 10.5 Å². The minimum atomic E-state index is -0.409. The molecule has 0 heterocycles. The average molecular weight is 233 g/mol. The van der Waals surface area contributed by atoms with E-state index in [0.29, 0.717) is 0 Å². The Kier molecular flexibility index (Phi) is 1.14. The van der Waals surface area contributed by atoms with Crippen molar-refractivity contribution in [1.82, 2.24) is 0 Å². The third-order valence-corrected chi connectivity index (χ3v) is 6.75. The highest BCUT2D eigenvalue weighted by molar-refractivity contribution is 5.80. The first-order valence-electron chi connectivity index (χ1n) is 6.89. The molecule has 0 radical (unpaired) electrons. The fraction of sp³-hybridized carbons (Fsp3) is 0.929. The molecule has 6 aliphatic rings. The van der Waals surface area contributed by atoms with E-state index in [2.05, 4.69) is 0 Å². The van der Waals surface area contributed by atoms with Gasteiger partial charge in [-0.3, -0.25) is 4.79 Å². The Morgan fingerprint density at radius 2 is 1.59 bits per heavy atom. The molecule has 6 saturated carbocycles. The minimum absolute atomic E-state index is 0.159. The van der Waals surface area contributed by atoms with Crippen molar-refractivity contribution < 1.29 is 9.53 Å². The summed E-state index contributed by atoms with van der Waals surface area (Å²) in [5.74, 6) is 6.28. The molecule has 6 fully saturated rings. The quantitative estimate of drug-likeness (QED) is 0.725. The molecule has 17 heavy (non-hydrogen) atoms. The molecule has 3 nitrogen and oxygen atoms in total. The molecule has 0 aromatic rings. The monoisotopic (exact) mass is 233 g/mol. The number of hydrogen-bond donors (Lipinski definition) is 1. The highest BCUT2D eigenvalue weighted by atomic mass is 16.6. The van der Waals surface area contributed by atoms with Gasteiger partial charge in [0.2, 0.25) is 0 Å². The molecule has 6 rings (SSSR count). The van der Waals surface area contributed by atoms with Gasteiger partial charge in [0.1, 0.15) is 11.6 Å². The highest BCUT2D eigenvalue weighted by Crippen LogP contribution is 3.06. The van der Waals surface area contributed by atoms with Crippen LogP contribution >= 0.6 is 0 Å². The van der Waals surface area contributed by atoms with E-state index < -0.39 is 5.60 Å². The molecule has 6 aliphatic carbocycles. The van der Waals surface area contributed by atoms with Gasteiger partial charge in [0, 0.05) is 5.41 Å². The number of carbonyl (C=O) groups is 1. The fourth-order valence-corrected chi connectivity index (χ4v) is 6.71. The zero-order valence-corrected chi connectivity index (χ0v) is 10.5. The van der Waals surface area contributed by atoms with Gasteiger partial charge in [-0.25, -0.2) is 0 Å². The zero-order chi connectivity index (χ0) is 11.9. The van der Waals surface area contributed by atoms with Crippen LogP contribution in [0.4, 0.5) is 0 Å². The lowest BCUT2D eigenvalue weighted by atomic mass is 8.96. The molecular weight excluding hydrogens is 214 g/mol. The number of nitrogens with two attached hydrogens (primary N) is 1. The second-order valence-corrected chi connectivity index (χ2v) is 7.90. The Balaban J connectivity index is 1.39. The summed E-state index contributed by atoms with van der Waals surface area (Å²) in [5, 5.41) is 0. The summed E-state index contributed by atoms with van der Waals surface area (Å²) < 4.78 is 5.47. The topological polar surface area (TPSA) is 52.3 Å².